The lowest BCUT2D eigenvalue weighted by atomic mass is 10.1. The van der Waals surface area contributed by atoms with E-state index in [-0.39, 0.29) is 11.5 Å². The van der Waals surface area contributed by atoms with E-state index in [1.54, 1.807) is 13.8 Å². The van der Waals surface area contributed by atoms with Crippen LogP contribution in [0.5, 0.6) is 0 Å². The molecule has 0 aliphatic rings. The fourth-order valence-electron chi connectivity index (χ4n) is 0.417. The van der Waals surface area contributed by atoms with Gasteiger partial charge in [0.15, 0.2) is 0 Å². The van der Waals surface area contributed by atoms with Crippen LogP contribution >= 0.6 is 0 Å². The summed E-state index contributed by atoms with van der Waals surface area (Å²) in [5, 5.41) is 0. The minimum atomic E-state index is -1.04. The lowest BCUT2D eigenvalue weighted by molar-refractivity contribution is 0.622. The number of halogens is 2. The van der Waals surface area contributed by atoms with Gasteiger partial charge in [-0.3, -0.25) is 0 Å². The number of allylic oxidation sites excluding steroid dienone is 1. The summed E-state index contributed by atoms with van der Waals surface area (Å²) in [5.41, 5.74) is 0.184. The summed E-state index contributed by atoms with van der Waals surface area (Å²) in [6, 6.07) is 0. The maximum atomic E-state index is 12.6. The van der Waals surface area contributed by atoms with E-state index in [2.05, 4.69) is 18.2 Å². The number of hydrogen-bond acceptors (Lipinski definition) is 1. The maximum Gasteiger partial charge on any atom is 0.218 e. The molecule has 0 aromatic rings. The zero-order valence-electron chi connectivity index (χ0n) is 6.69. The number of nitrogens with zero attached hydrogens (tertiary/aromatic N) is 1. The van der Waals surface area contributed by atoms with Crippen molar-refractivity contribution >= 4 is 5.97 Å². The molecular weight excluding hydrogens is 148 g/mol. The Bertz CT molecular complexity index is 204. The first-order valence-corrected chi connectivity index (χ1v) is 3.23. The highest BCUT2D eigenvalue weighted by Gasteiger charge is 2.07. The molecular formula is C8H11F2N. The largest absolute Gasteiger partial charge is 0.218 e. The van der Waals surface area contributed by atoms with Crippen LogP contribution in [0.2, 0.25) is 0 Å². The molecule has 0 saturated heterocycles. The normalized spacial score (nSPS) is 11.9. The van der Waals surface area contributed by atoms with Crippen molar-refractivity contribution in [2.45, 2.75) is 13.8 Å². The van der Waals surface area contributed by atoms with Gasteiger partial charge in [-0.05, 0) is 12.5 Å². The predicted molar refractivity (Wildman–Crippen MR) is 42.8 cm³/mol. The zero-order valence-corrected chi connectivity index (χ0v) is 6.69. The summed E-state index contributed by atoms with van der Waals surface area (Å²) in [7, 11) is 0. The third-order valence-electron chi connectivity index (χ3n) is 1.18. The first-order valence-electron chi connectivity index (χ1n) is 3.23. The molecule has 0 aliphatic heterocycles. The molecule has 0 rings (SSSR count). The zero-order chi connectivity index (χ0) is 9.02. The summed E-state index contributed by atoms with van der Waals surface area (Å²) in [6.07, 6.45) is 0. The Hall–Kier alpha value is -0.990. The van der Waals surface area contributed by atoms with E-state index in [9.17, 15) is 8.78 Å². The second kappa shape index (κ2) is 4.01. The first kappa shape index (κ1) is 10.0. The van der Waals surface area contributed by atoms with Gasteiger partial charge in [0.1, 0.15) is 0 Å². The summed E-state index contributed by atoms with van der Waals surface area (Å²) in [5.74, 6) is -1.99. The SMILES string of the molecule is C=C(F)/N=C(/F)C(=C)C(C)C. The average molecular weight is 159 g/mol. The fraction of sp³-hybridized carbons (Fsp3) is 0.375. The van der Waals surface area contributed by atoms with E-state index >= 15 is 0 Å². The summed E-state index contributed by atoms with van der Waals surface area (Å²) >= 11 is 0. The smallest absolute Gasteiger partial charge is 0.191 e. The van der Waals surface area contributed by atoms with Gasteiger partial charge in [-0.2, -0.15) is 13.8 Å². The Morgan fingerprint density at radius 2 is 1.73 bits per heavy atom. The Morgan fingerprint density at radius 3 is 2.00 bits per heavy atom. The molecule has 0 atom stereocenters. The van der Waals surface area contributed by atoms with Crippen molar-refractivity contribution in [1.29, 1.82) is 0 Å². The van der Waals surface area contributed by atoms with Gasteiger partial charge in [0.05, 0.1) is 0 Å². The van der Waals surface area contributed by atoms with Crippen molar-refractivity contribution in [1.82, 2.24) is 0 Å². The second-order valence-corrected chi connectivity index (χ2v) is 2.46. The van der Waals surface area contributed by atoms with Crippen molar-refractivity contribution < 1.29 is 8.78 Å². The Balaban J connectivity index is 4.36. The average Bonchev–Trinajstić information content (AvgIpc) is 1.84. The highest BCUT2D eigenvalue weighted by atomic mass is 19.1. The summed E-state index contributed by atoms with van der Waals surface area (Å²) in [4.78, 5) is 2.89. The standard InChI is InChI=1S/C8H11F2N/c1-5(2)6(3)8(10)11-7(4)9/h5H,3-4H2,1-2H3/b11-8+. The molecule has 62 valence electrons. The van der Waals surface area contributed by atoms with Gasteiger partial charge in [-0.25, -0.2) is 0 Å². The molecule has 0 bridgehead atoms. The van der Waals surface area contributed by atoms with Crippen LogP contribution in [0.4, 0.5) is 8.78 Å². The van der Waals surface area contributed by atoms with Crippen LogP contribution in [-0.2, 0) is 0 Å². The van der Waals surface area contributed by atoms with E-state index in [1.807, 2.05) is 0 Å². The van der Waals surface area contributed by atoms with Crippen LogP contribution in [-0.4, -0.2) is 5.97 Å². The Labute approximate surface area is 65.1 Å². The van der Waals surface area contributed by atoms with Crippen LogP contribution in [0.1, 0.15) is 13.8 Å². The van der Waals surface area contributed by atoms with E-state index in [0.717, 1.165) is 0 Å². The van der Waals surface area contributed by atoms with Gasteiger partial charge in [-0.1, -0.05) is 20.4 Å². The van der Waals surface area contributed by atoms with Gasteiger partial charge < -0.3 is 0 Å². The van der Waals surface area contributed by atoms with Gasteiger partial charge >= 0.3 is 0 Å². The van der Waals surface area contributed by atoms with Crippen molar-refractivity contribution in [2.75, 3.05) is 0 Å². The minimum absolute atomic E-state index is 0.0712. The molecule has 1 nitrogen and oxygen atoms in total. The van der Waals surface area contributed by atoms with E-state index in [1.165, 1.54) is 0 Å². The van der Waals surface area contributed by atoms with E-state index < -0.39 is 11.9 Å². The van der Waals surface area contributed by atoms with Gasteiger partial charge in [0, 0.05) is 5.57 Å². The van der Waals surface area contributed by atoms with Crippen LogP contribution in [0, 0.1) is 5.92 Å². The molecule has 11 heavy (non-hydrogen) atoms. The highest BCUT2D eigenvalue weighted by molar-refractivity contribution is 5.92. The van der Waals surface area contributed by atoms with Crippen LogP contribution in [0.3, 0.4) is 0 Å². The molecule has 0 fully saturated rings. The molecule has 0 heterocycles. The third-order valence-corrected chi connectivity index (χ3v) is 1.18. The van der Waals surface area contributed by atoms with Gasteiger partial charge in [0.25, 0.3) is 0 Å². The van der Waals surface area contributed by atoms with Crippen LogP contribution in [0.25, 0.3) is 0 Å². The Morgan fingerprint density at radius 1 is 1.27 bits per heavy atom. The number of aliphatic imine (C=N–C) groups is 1. The molecule has 0 unspecified atom stereocenters. The molecule has 0 saturated carbocycles. The molecule has 0 aromatic carbocycles. The summed E-state index contributed by atoms with van der Waals surface area (Å²) in [6.45, 7) is 9.69. The Kier molecular flexibility index (Phi) is 3.65. The molecule has 0 aromatic heterocycles. The molecule has 0 radical (unpaired) electrons. The maximum absolute atomic E-state index is 12.6. The van der Waals surface area contributed by atoms with Crippen molar-refractivity contribution in [2.24, 2.45) is 10.9 Å². The minimum Gasteiger partial charge on any atom is -0.191 e. The van der Waals surface area contributed by atoms with Crippen molar-refractivity contribution in [3.63, 3.8) is 0 Å². The monoisotopic (exact) mass is 159 g/mol. The molecule has 0 aliphatic carbocycles. The van der Waals surface area contributed by atoms with Crippen LogP contribution in [0.15, 0.2) is 29.7 Å². The fourth-order valence-corrected chi connectivity index (χ4v) is 0.417. The lowest BCUT2D eigenvalue weighted by Gasteiger charge is -2.03. The highest BCUT2D eigenvalue weighted by Crippen LogP contribution is 2.11. The van der Waals surface area contributed by atoms with Crippen LogP contribution < -0.4 is 0 Å². The van der Waals surface area contributed by atoms with Gasteiger partial charge in [0.2, 0.25) is 11.9 Å². The van der Waals surface area contributed by atoms with E-state index in [0.29, 0.717) is 0 Å². The molecule has 0 spiro atoms. The summed E-state index contributed by atoms with van der Waals surface area (Å²) < 4.78 is 24.6. The van der Waals surface area contributed by atoms with Gasteiger partial charge in [-0.15, -0.1) is 0 Å². The topological polar surface area (TPSA) is 12.4 Å². The third kappa shape index (κ3) is 3.65. The van der Waals surface area contributed by atoms with Crippen molar-refractivity contribution in [3.05, 3.63) is 24.7 Å². The quantitative estimate of drug-likeness (QED) is 0.443. The van der Waals surface area contributed by atoms with Crippen molar-refractivity contribution in [3.8, 4) is 0 Å². The lowest BCUT2D eigenvalue weighted by Crippen LogP contribution is -2.01. The van der Waals surface area contributed by atoms with E-state index in [4.69, 9.17) is 0 Å². The first-order chi connectivity index (χ1) is 4.95. The molecule has 3 heteroatoms. The second-order valence-electron chi connectivity index (χ2n) is 2.46. The predicted octanol–water partition coefficient (Wildman–Crippen LogP) is 3.01. The number of hydrogen-bond donors (Lipinski definition) is 0. The number of rotatable bonds is 3. The molecule has 0 N–H and O–H groups in total. The molecule has 0 amide bonds.